The van der Waals surface area contributed by atoms with Crippen molar-refractivity contribution >= 4 is 63.8 Å². The Morgan fingerprint density at radius 3 is 2.53 bits per heavy atom. The molecule has 0 fully saturated rings. The summed E-state index contributed by atoms with van der Waals surface area (Å²) in [4.78, 5) is 17.9. The van der Waals surface area contributed by atoms with Crippen molar-refractivity contribution in [2.24, 2.45) is 0 Å². The Labute approximate surface area is 207 Å². The predicted molar refractivity (Wildman–Crippen MR) is 133 cm³/mol. The Bertz CT molecular complexity index is 1330. The molecule has 0 bridgehead atoms. The lowest BCUT2D eigenvalue weighted by molar-refractivity contribution is 0.0688. The molecule has 0 aliphatic heterocycles. The number of rotatable bonds is 6. The van der Waals surface area contributed by atoms with Gasteiger partial charge in [0, 0.05) is 16.4 Å². The van der Waals surface area contributed by atoms with E-state index in [4.69, 9.17) is 28.2 Å². The topological polar surface area (TPSA) is 80.9 Å². The first-order valence-electron chi connectivity index (χ1n) is 9.55. The fourth-order valence-electron chi connectivity index (χ4n) is 3.15. The summed E-state index contributed by atoms with van der Waals surface area (Å²) in [6.45, 7) is 7.85. The van der Waals surface area contributed by atoms with E-state index in [1.54, 1.807) is 30.8 Å². The maximum absolute atomic E-state index is 12.3. The lowest BCUT2D eigenvalue weighted by Gasteiger charge is -2.05. The zero-order chi connectivity index (χ0) is 23.2. The summed E-state index contributed by atoms with van der Waals surface area (Å²) in [5.41, 5.74) is 3.61. The summed E-state index contributed by atoms with van der Waals surface area (Å²) in [5, 5.41) is 16.3. The van der Waals surface area contributed by atoms with Gasteiger partial charge in [-0.05, 0) is 43.6 Å². The van der Waals surface area contributed by atoms with Gasteiger partial charge in [0.05, 0.1) is 36.2 Å². The number of benzene rings is 1. The summed E-state index contributed by atoms with van der Waals surface area (Å²) >= 11 is 16.6. The first-order chi connectivity index (χ1) is 15.2. The van der Waals surface area contributed by atoms with Crippen LogP contribution in [-0.4, -0.2) is 35.5 Å². The second kappa shape index (κ2) is 9.15. The normalized spacial score (nSPS) is 11.5. The Morgan fingerprint density at radius 1 is 1.19 bits per heavy atom. The molecular weight excluding hydrogens is 507 g/mol. The number of carboxylic acid groups (broad SMARTS) is 1. The molecule has 0 unspecified atom stereocenters. The standard InChI is InChI=1S/C21H18Cl2N4O2S3/c1-9(2)30-20-17(12-5-6-13(22)14(23)8-12)24-21(31-20)27-18(19(28)29)16(11(4)25-27)15-7-10(3)26-32-15/h5-9H,1-4H3,(H,28,29). The number of carboxylic acids is 1. The highest BCUT2D eigenvalue weighted by molar-refractivity contribution is 8.01. The molecule has 0 atom stereocenters. The van der Waals surface area contributed by atoms with Crippen LogP contribution < -0.4 is 0 Å². The Balaban J connectivity index is 1.91. The van der Waals surface area contributed by atoms with Crippen molar-refractivity contribution in [1.29, 1.82) is 0 Å². The van der Waals surface area contributed by atoms with Gasteiger partial charge >= 0.3 is 5.97 Å². The highest BCUT2D eigenvalue weighted by atomic mass is 35.5. The van der Waals surface area contributed by atoms with Gasteiger partial charge in [-0.3, -0.25) is 0 Å². The minimum atomic E-state index is -1.07. The summed E-state index contributed by atoms with van der Waals surface area (Å²) in [6.07, 6.45) is 0. The van der Waals surface area contributed by atoms with E-state index in [0.29, 0.717) is 31.7 Å². The monoisotopic (exact) mass is 524 g/mol. The van der Waals surface area contributed by atoms with Gasteiger partial charge in [-0.15, -0.1) is 11.8 Å². The molecule has 11 heteroatoms. The summed E-state index contributed by atoms with van der Waals surface area (Å²) in [6, 6.07) is 7.22. The predicted octanol–water partition coefficient (Wildman–Crippen LogP) is 7.24. The minimum absolute atomic E-state index is 0.0710. The molecule has 0 aliphatic carbocycles. The maximum Gasteiger partial charge on any atom is 0.355 e. The van der Waals surface area contributed by atoms with Gasteiger partial charge in [0.25, 0.3) is 0 Å². The van der Waals surface area contributed by atoms with Gasteiger partial charge < -0.3 is 5.11 Å². The van der Waals surface area contributed by atoms with Crippen LogP contribution in [0.2, 0.25) is 10.0 Å². The molecule has 0 spiro atoms. The highest BCUT2D eigenvalue weighted by Gasteiger charge is 2.27. The Morgan fingerprint density at radius 2 is 1.94 bits per heavy atom. The third kappa shape index (κ3) is 4.45. The van der Waals surface area contributed by atoms with Crippen LogP contribution >= 0.6 is 57.8 Å². The number of aryl methyl sites for hydroxylation is 2. The second-order valence-corrected chi connectivity index (χ2v) is 11.7. The SMILES string of the molecule is Cc1cc(-c2c(C)nn(-c3nc(-c4ccc(Cl)c(Cl)c4)c(SC(C)C)s3)c2C(=O)O)sn1. The number of halogens is 2. The maximum atomic E-state index is 12.3. The lowest BCUT2D eigenvalue weighted by Crippen LogP contribution is -2.08. The van der Waals surface area contributed by atoms with Crippen LogP contribution in [0.15, 0.2) is 28.5 Å². The van der Waals surface area contributed by atoms with E-state index in [2.05, 4.69) is 23.3 Å². The Hall–Kier alpha value is -1.91. The fourth-order valence-corrected chi connectivity index (χ4v) is 6.78. The number of hydrogen-bond acceptors (Lipinski definition) is 7. The van der Waals surface area contributed by atoms with Crippen molar-refractivity contribution < 1.29 is 9.90 Å². The number of thiazole rings is 1. The van der Waals surface area contributed by atoms with E-state index < -0.39 is 5.97 Å². The molecule has 0 aliphatic rings. The molecule has 3 heterocycles. The number of nitrogens with zero attached hydrogens (tertiary/aromatic N) is 4. The molecule has 1 aromatic carbocycles. The lowest BCUT2D eigenvalue weighted by atomic mass is 10.1. The number of aromatic nitrogens is 4. The van der Waals surface area contributed by atoms with E-state index in [-0.39, 0.29) is 5.69 Å². The van der Waals surface area contributed by atoms with E-state index in [1.165, 1.54) is 27.6 Å². The summed E-state index contributed by atoms with van der Waals surface area (Å²) in [5.74, 6) is -1.07. The van der Waals surface area contributed by atoms with E-state index >= 15 is 0 Å². The van der Waals surface area contributed by atoms with Gasteiger partial charge in [-0.25, -0.2) is 9.78 Å². The van der Waals surface area contributed by atoms with Crippen LogP contribution in [-0.2, 0) is 0 Å². The smallest absolute Gasteiger partial charge is 0.355 e. The third-order valence-electron chi connectivity index (χ3n) is 4.44. The van der Waals surface area contributed by atoms with Crippen molar-refractivity contribution in [3.8, 4) is 26.8 Å². The van der Waals surface area contributed by atoms with Crippen molar-refractivity contribution in [2.75, 3.05) is 0 Å². The number of aromatic carboxylic acids is 1. The van der Waals surface area contributed by atoms with Crippen LogP contribution in [0.1, 0.15) is 35.7 Å². The molecule has 0 saturated heterocycles. The average Bonchev–Trinajstić information content (AvgIpc) is 3.40. The number of thioether (sulfide) groups is 1. The minimum Gasteiger partial charge on any atom is -0.476 e. The molecule has 1 N–H and O–H groups in total. The molecule has 32 heavy (non-hydrogen) atoms. The van der Waals surface area contributed by atoms with Gasteiger partial charge in [0.15, 0.2) is 5.69 Å². The molecule has 4 aromatic rings. The van der Waals surface area contributed by atoms with Crippen molar-refractivity contribution in [1.82, 2.24) is 19.1 Å². The Kier molecular flexibility index (Phi) is 6.65. The molecule has 3 aromatic heterocycles. The van der Waals surface area contributed by atoms with Crippen LogP contribution in [0.4, 0.5) is 0 Å². The molecule has 0 amide bonds. The van der Waals surface area contributed by atoms with E-state index in [0.717, 1.165) is 26.0 Å². The number of hydrogen-bond donors (Lipinski definition) is 1. The molecule has 4 rings (SSSR count). The summed E-state index contributed by atoms with van der Waals surface area (Å²) in [7, 11) is 0. The second-order valence-electron chi connectivity index (χ2n) is 7.29. The van der Waals surface area contributed by atoms with E-state index in [9.17, 15) is 9.90 Å². The first kappa shape index (κ1) is 23.3. The fraction of sp³-hybridized carbons (Fsp3) is 0.238. The third-order valence-corrected chi connectivity index (χ3v) is 8.32. The van der Waals surface area contributed by atoms with Crippen molar-refractivity contribution in [3.63, 3.8) is 0 Å². The van der Waals surface area contributed by atoms with Gasteiger partial charge in [-0.2, -0.15) is 14.2 Å². The van der Waals surface area contributed by atoms with Crippen molar-refractivity contribution in [2.45, 2.75) is 37.2 Å². The number of carbonyl (C=O) groups is 1. The highest BCUT2D eigenvalue weighted by Crippen LogP contribution is 2.42. The quantitative estimate of drug-likeness (QED) is 0.267. The van der Waals surface area contributed by atoms with Gasteiger partial charge in [0.2, 0.25) is 5.13 Å². The average molecular weight is 526 g/mol. The molecular formula is C21H18Cl2N4O2S3. The molecule has 0 radical (unpaired) electrons. The van der Waals surface area contributed by atoms with Gasteiger partial charge in [-0.1, -0.05) is 54.5 Å². The zero-order valence-corrected chi connectivity index (χ0v) is 21.5. The molecule has 6 nitrogen and oxygen atoms in total. The van der Waals surface area contributed by atoms with Crippen LogP contribution in [0.3, 0.4) is 0 Å². The zero-order valence-electron chi connectivity index (χ0n) is 17.5. The molecule has 166 valence electrons. The molecule has 0 saturated carbocycles. The van der Waals surface area contributed by atoms with Crippen molar-refractivity contribution in [3.05, 3.63) is 51.4 Å². The largest absolute Gasteiger partial charge is 0.476 e. The van der Waals surface area contributed by atoms with Gasteiger partial charge in [0.1, 0.15) is 0 Å². The van der Waals surface area contributed by atoms with Crippen LogP contribution in [0.5, 0.6) is 0 Å². The first-order valence-corrected chi connectivity index (χ1v) is 12.8. The van der Waals surface area contributed by atoms with Crippen LogP contribution in [0, 0.1) is 13.8 Å². The summed E-state index contributed by atoms with van der Waals surface area (Å²) < 4.78 is 6.66. The van der Waals surface area contributed by atoms with E-state index in [1.807, 2.05) is 19.1 Å². The van der Waals surface area contributed by atoms with Crippen LogP contribution in [0.25, 0.3) is 26.8 Å².